The summed E-state index contributed by atoms with van der Waals surface area (Å²) < 4.78 is 24.0. The van der Waals surface area contributed by atoms with Crippen LogP contribution in [0.1, 0.15) is 12.5 Å². The van der Waals surface area contributed by atoms with Crippen molar-refractivity contribution < 1.29 is 18.7 Å². The van der Waals surface area contributed by atoms with Gasteiger partial charge in [0.2, 0.25) is 0 Å². The predicted molar refractivity (Wildman–Crippen MR) is 58.8 cm³/mol. The number of hydrogen-bond donors (Lipinski definition) is 1. The van der Waals surface area contributed by atoms with E-state index in [-0.39, 0.29) is 0 Å². The molecule has 1 N–H and O–H groups in total. The molecular weight excluding hydrogens is 234 g/mol. The van der Waals surface area contributed by atoms with Crippen LogP contribution in [0, 0.1) is 5.92 Å². The minimum atomic E-state index is -2.43. The van der Waals surface area contributed by atoms with Crippen LogP contribution in [0.5, 0.6) is 0 Å². The van der Waals surface area contributed by atoms with Crippen LogP contribution in [0.4, 0.5) is 8.78 Å². The molecule has 0 heterocycles. The molecule has 1 aromatic rings. The molecular formula is C11H12F2O2S. The molecule has 1 rings (SSSR count). The highest BCUT2D eigenvalue weighted by atomic mass is 32.2. The molecule has 0 aliphatic carbocycles. The van der Waals surface area contributed by atoms with Crippen LogP contribution < -0.4 is 0 Å². The molecule has 1 atom stereocenters. The lowest BCUT2D eigenvalue weighted by Gasteiger charge is -2.06. The smallest absolute Gasteiger partial charge is 0.306 e. The van der Waals surface area contributed by atoms with Crippen molar-refractivity contribution in [1.82, 2.24) is 0 Å². The van der Waals surface area contributed by atoms with Crippen molar-refractivity contribution in [3.05, 3.63) is 29.8 Å². The van der Waals surface area contributed by atoms with Crippen molar-refractivity contribution in [3.63, 3.8) is 0 Å². The van der Waals surface area contributed by atoms with Crippen molar-refractivity contribution in [3.8, 4) is 0 Å². The highest BCUT2D eigenvalue weighted by Gasteiger charge is 2.11. The third-order valence-corrected chi connectivity index (χ3v) is 2.83. The Morgan fingerprint density at radius 3 is 2.38 bits per heavy atom. The number of hydrogen-bond acceptors (Lipinski definition) is 2. The van der Waals surface area contributed by atoms with Crippen LogP contribution in [0.25, 0.3) is 0 Å². The summed E-state index contributed by atoms with van der Waals surface area (Å²) in [6.45, 7) is 1.62. The van der Waals surface area contributed by atoms with Gasteiger partial charge in [0, 0.05) is 4.90 Å². The summed E-state index contributed by atoms with van der Waals surface area (Å²) in [6, 6.07) is 6.54. The fourth-order valence-corrected chi connectivity index (χ4v) is 1.75. The molecule has 0 bridgehead atoms. The molecule has 88 valence electrons. The molecule has 16 heavy (non-hydrogen) atoms. The van der Waals surface area contributed by atoms with Crippen LogP contribution in [0.15, 0.2) is 29.2 Å². The Kier molecular flexibility index (Phi) is 4.73. The summed E-state index contributed by atoms with van der Waals surface area (Å²) in [5.74, 6) is -3.75. The van der Waals surface area contributed by atoms with Gasteiger partial charge in [-0.2, -0.15) is 8.78 Å². The van der Waals surface area contributed by atoms with Crippen molar-refractivity contribution in [1.29, 1.82) is 0 Å². The maximum atomic E-state index is 12.0. The Bertz CT molecular complexity index is 352. The van der Waals surface area contributed by atoms with Gasteiger partial charge in [-0.3, -0.25) is 4.79 Å². The van der Waals surface area contributed by atoms with Gasteiger partial charge in [0.15, 0.2) is 0 Å². The van der Waals surface area contributed by atoms with Gasteiger partial charge in [-0.25, -0.2) is 0 Å². The summed E-state index contributed by atoms with van der Waals surface area (Å²) in [5, 5.41) is 8.71. The minimum absolute atomic E-state index is 0.412. The molecule has 5 heteroatoms. The Balaban J connectivity index is 2.61. The number of alkyl halides is 2. The summed E-state index contributed by atoms with van der Waals surface area (Å²) in [5.41, 5.74) is 0.841. The summed E-state index contributed by atoms with van der Waals surface area (Å²) >= 11 is 0.483. The van der Waals surface area contributed by atoms with E-state index in [1.165, 1.54) is 0 Å². The van der Waals surface area contributed by atoms with E-state index in [0.29, 0.717) is 23.1 Å². The lowest BCUT2D eigenvalue weighted by molar-refractivity contribution is -0.141. The Morgan fingerprint density at radius 1 is 1.38 bits per heavy atom. The van der Waals surface area contributed by atoms with Gasteiger partial charge < -0.3 is 5.11 Å². The lowest BCUT2D eigenvalue weighted by Crippen LogP contribution is -2.12. The van der Waals surface area contributed by atoms with Gasteiger partial charge >= 0.3 is 5.97 Å². The molecule has 0 saturated heterocycles. The minimum Gasteiger partial charge on any atom is -0.481 e. The van der Waals surface area contributed by atoms with E-state index in [0.717, 1.165) is 5.56 Å². The third-order valence-electron chi connectivity index (χ3n) is 2.11. The monoisotopic (exact) mass is 246 g/mol. The summed E-state index contributed by atoms with van der Waals surface area (Å²) in [6.07, 6.45) is 0.412. The first-order valence-corrected chi connectivity index (χ1v) is 5.63. The van der Waals surface area contributed by atoms with Crippen LogP contribution >= 0.6 is 11.8 Å². The molecule has 0 radical (unpaired) electrons. The number of halogens is 2. The van der Waals surface area contributed by atoms with E-state index in [1.54, 1.807) is 31.2 Å². The average Bonchev–Trinajstić information content (AvgIpc) is 2.20. The third kappa shape index (κ3) is 4.18. The zero-order chi connectivity index (χ0) is 12.1. The molecule has 1 aromatic carbocycles. The molecule has 0 aliphatic rings. The molecule has 0 fully saturated rings. The first kappa shape index (κ1) is 13.0. The van der Waals surface area contributed by atoms with Crippen LogP contribution in [0.3, 0.4) is 0 Å². The average molecular weight is 246 g/mol. The normalized spacial score (nSPS) is 12.8. The number of rotatable bonds is 5. The van der Waals surface area contributed by atoms with Crippen LogP contribution in [-0.2, 0) is 11.2 Å². The largest absolute Gasteiger partial charge is 0.481 e. The Labute approximate surface area is 96.7 Å². The highest BCUT2D eigenvalue weighted by Crippen LogP contribution is 2.25. The maximum absolute atomic E-state index is 12.0. The second kappa shape index (κ2) is 5.84. The topological polar surface area (TPSA) is 37.3 Å². The number of carboxylic acids is 1. The molecule has 2 nitrogen and oxygen atoms in total. The predicted octanol–water partition coefficient (Wildman–Crippen LogP) is 3.26. The van der Waals surface area contributed by atoms with Gasteiger partial charge in [-0.15, -0.1) is 0 Å². The van der Waals surface area contributed by atoms with Gasteiger partial charge in [0.05, 0.1) is 5.92 Å². The quantitative estimate of drug-likeness (QED) is 0.810. The summed E-state index contributed by atoms with van der Waals surface area (Å²) in [7, 11) is 0. The molecule has 0 aliphatic heterocycles. The number of aliphatic carboxylic acids is 1. The van der Waals surface area contributed by atoms with Crippen molar-refractivity contribution in [2.24, 2.45) is 5.92 Å². The highest BCUT2D eigenvalue weighted by molar-refractivity contribution is 7.99. The fraction of sp³-hybridized carbons (Fsp3) is 0.364. The van der Waals surface area contributed by atoms with Gasteiger partial charge in [-0.1, -0.05) is 30.8 Å². The molecule has 0 amide bonds. The van der Waals surface area contributed by atoms with E-state index >= 15 is 0 Å². The summed E-state index contributed by atoms with van der Waals surface area (Å²) in [4.78, 5) is 11.1. The lowest BCUT2D eigenvalue weighted by atomic mass is 10.0. The maximum Gasteiger partial charge on any atom is 0.306 e. The molecule has 0 spiro atoms. The van der Waals surface area contributed by atoms with E-state index in [9.17, 15) is 13.6 Å². The second-order valence-electron chi connectivity index (χ2n) is 3.47. The first-order valence-electron chi connectivity index (χ1n) is 4.75. The second-order valence-corrected chi connectivity index (χ2v) is 4.53. The van der Waals surface area contributed by atoms with Gasteiger partial charge in [-0.05, 0) is 24.1 Å². The number of carbonyl (C=O) groups is 1. The Hall–Kier alpha value is -1.10. The fourth-order valence-electron chi connectivity index (χ4n) is 1.25. The first-order chi connectivity index (χ1) is 7.49. The standard InChI is InChI=1S/C11H12F2O2S/c1-7(10(14)15)6-8-2-4-9(5-3-8)16-11(12)13/h2-5,7,11H,6H2,1H3,(H,14,15). The number of benzene rings is 1. The van der Waals surface area contributed by atoms with Crippen molar-refractivity contribution in [2.75, 3.05) is 0 Å². The van der Waals surface area contributed by atoms with E-state index in [4.69, 9.17) is 5.11 Å². The van der Waals surface area contributed by atoms with Gasteiger partial charge in [0.1, 0.15) is 0 Å². The van der Waals surface area contributed by atoms with E-state index in [2.05, 4.69) is 0 Å². The molecule has 0 saturated carbocycles. The molecule has 0 aromatic heterocycles. The Morgan fingerprint density at radius 2 is 1.94 bits per heavy atom. The van der Waals surface area contributed by atoms with Gasteiger partial charge in [0.25, 0.3) is 5.76 Å². The zero-order valence-electron chi connectivity index (χ0n) is 8.69. The van der Waals surface area contributed by atoms with Crippen LogP contribution in [-0.4, -0.2) is 16.8 Å². The van der Waals surface area contributed by atoms with E-state index in [1.807, 2.05) is 0 Å². The van der Waals surface area contributed by atoms with E-state index < -0.39 is 17.6 Å². The SMILES string of the molecule is CC(Cc1ccc(SC(F)F)cc1)C(=O)O. The molecule has 1 unspecified atom stereocenters. The van der Waals surface area contributed by atoms with Crippen molar-refractivity contribution >= 4 is 17.7 Å². The number of thioether (sulfide) groups is 1. The zero-order valence-corrected chi connectivity index (χ0v) is 9.51. The van der Waals surface area contributed by atoms with Crippen molar-refractivity contribution in [2.45, 2.75) is 24.0 Å². The van der Waals surface area contributed by atoms with Crippen LogP contribution in [0.2, 0.25) is 0 Å². The number of carboxylic acid groups (broad SMARTS) is 1.